The number of halogens is 3. The number of hydrogen-bond donors (Lipinski definition) is 1. The van der Waals surface area contributed by atoms with Crippen LogP contribution in [0.25, 0.3) is 0 Å². The molecule has 1 N–H and O–H groups in total. The minimum atomic E-state index is -4.23. The summed E-state index contributed by atoms with van der Waals surface area (Å²) in [5.41, 5.74) is 0. The second kappa shape index (κ2) is 7.46. The summed E-state index contributed by atoms with van der Waals surface area (Å²) in [6.07, 6.45) is -3.56. The number of alkyl halides is 3. The van der Waals surface area contributed by atoms with E-state index >= 15 is 0 Å². The molecule has 0 saturated carbocycles. The molecule has 0 amide bonds. The Morgan fingerprint density at radius 1 is 1.23 bits per heavy atom. The van der Waals surface area contributed by atoms with Gasteiger partial charge in [0.15, 0.2) is 0 Å². The molecule has 0 fully saturated rings. The molecule has 0 heterocycles. The van der Waals surface area contributed by atoms with Gasteiger partial charge in [-0.15, -0.1) is 0 Å². The lowest BCUT2D eigenvalue weighted by atomic mass is 10.5. The van der Waals surface area contributed by atoms with Gasteiger partial charge in [-0.3, -0.25) is 0 Å². The van der Waals surface area contributed by atoms with E-state index in [1.165, 1.54) is 11.8 Å². The molecular formula is C7H13F3O2S. The predicted octanol–water partition coefficient (Wildman–Crippen LogP) is 1.68. The van der Waals surface area contributed by atoms with E-state index in [-0.39, 0.29) is 13.2 Å². The minimum Gasteiger partial charge on any atom is -0.396 e. The molecule has 0 spiro atoms. The SMILES string of the molecule is OCCCSCCOCC(F)(F)F. The molecule has 0 bridgehead atoms. The van der Waals surface area contributed by atoms with Crippen molar-refractivity contribution in [1.29, 1.82) is 0 Å². The van der Waals surface area contributed by atoms with Gasteiger partial charge in [-0.1, -0.05) is 0 Å². The van der Waals surface area contributed by atoms with Gasteiger partial charge in [0.2, 0.25) is 0 Å². The fraction of sp³-hybridized carbons (Fsp3) is 1.00. The van der Waals surface area contributed by atoms with E-state index in [2.05, 4.69) is 4.74 Å². The first kappa shape index (κ1) is 13.1. The Morgan fingerprint density at radius 2 is 1.92 bits per heavy atom. The Bertz CT molecular complexity index is 119. The van der Waals surface area contributed by atoms with E-state index in [0.29, 0.717) is 12.2 Å². The number of hydrogen-bond acceptors (Lipinski definition) is 3. The van der Waals surface area contributed by atoms with Crippen molar-refractivity contribution in [1.82, 2.24) is 0 Å². The van der Waals surface area contributed by atoms with Crippen molar-refractivity contribution in [3.05, 3.63) is 0 Å². The lowest BCUT2D eigenvalue weighted by Gasteiger charge is -2.06. The molecule has 0 aliphatic rings. The summed E-state index contributed by atoms with van der Waals surface area (Å²) in [6.45, 7) is -0.945. The molecule has 0 saturated heterocycles. The number of ether oxygens (including phenoxy) is 1. The zero-order valence-electron chi connectivity index (χ0n) is 7.14. The van der Waals surface area contributed by atoms with Crippen LogP contribution in [0.4, 0.5) is 13.2 Å². The molecule has 0 aromatic carbocycles. The molecule has 0 aromatic rings. The highest BCUT2D eigenvalue weighted by Gasteiger charge is 2.27. The van der Waals surface area contributed by atoms with Crippen molar-refractivity contribution in [2.75, 3.05) is 31.3 Å². The molecule has 6 heteroatoms. The van der Waals surface area contributed by atoms with E-state index < -0.39 is 12.8 Å². The Hall–Kier alpha value is 0.0600. The lowest BCUT2D eigenvalue weighted by Crippen LogP contribution is -2.17. The summed E-state index contributed by atoms with van der Waals surface area (Å²) in [7, 11) is 0. The predicted molar refractivity (Wildman–Crippen MR) is 45.9 cm³/mol. The fourth-order valence-electron chi connectivity index (χ4n) is 0.574. The van der Waals surface area contributed by atoms with Crippen LogP contribution in [0.2, 0.25) is 0 Å². The molecule has 80 valence electrons. The number of rotatable bonds is 7. The van der Waals surface area contributed by atoms with Crippen LogP contribution in [0, 0.1) is 0 Å². The Morgan fingerprint density at radius 3 is 2.46 bits per heavy atom. The zero-order valence-corrected chi connectivity index (χ0v) is 7.96. The van der Waals surface area contributed by atoms with Crippen LogP contribution < -0.4 is 0 Å². The van der Waals surface area contributed by atoms with E-state index in [1.54, 1.807) is 0 Å². The molecule has 0 aliphatic heterocycles. The number of aliphatic hydroxyl groups excluding tert-OH is 1. The third-order valence-electron chi connectivity index (χ3n) is 1.08. The van der Waals surface area contributed by atoms with Crippen molar-refractivity contribution in [3.8, 4) is 0 Å². The Kier molecular flexibility index (Phi) is 7.50. The van der Waals surface area contributed by atoms with E-state index in [1.807, 2.05) is 0 Å². The van der Waals surface area contributed by atoms with Crippen LogP contribution >= 0.6 is 11.8 Å². The summed E-state index contributed by atoms with van der Waals surface area (Å²) in [4.78, 5) is 0. The topological polar surface area (TPSA) is 29.5 Å². The van der Waals surface area contributed by atoms with Gasteiger partial charge in [-0.25, -0.2) is 0 Å². The maximum absolute atomic E-state index is 11.5. The fourth-order valence-corrected chi connectivity index (χ4v) is 1.35. The van der Waals surface area contributed by atoms with Gasteiger partial charge in [0.25, 0.3) is 0 Å². The van der Waals surface area contributed by atoms with Crippen LogP contribution in [0.3, 0.4) is 0 Å². The summed E-state index contributed by atoms with van der Waals surface area (Å²) < 4.78 is 38.9. The lowest BCUT2D eigenvalue weighted by molar-refractivity contribution is -0.172. The van der Waals surface area contributed by atoms with Gasteiger partial charge < -0.3 is 9.84 Å². The first-order chi connectivity index (χ1) is 6.06. The third-order valence-corrected chi connectivity index (χ3v) is 2.12. The maximum Gasteiger partial charge on any atom is 0.411 e. The van der Waals surface area contributed by atoms with E-state index in [9.17, 15) is 13.2 Å². The van der Waals surface area contributed by atoms with Crippen molar-refractivity contribution >= 4 is 11.8 Å². The highest BCUT2D eigenvalue weighted by Crippen LogP contribution is 2.14. The van der Waals surface area contributed by atoms with Crippen molar-refractivity contribution in [2.45, 2.75) is 12.6 Å². The van der Waals surface area contributed by atoms with E-state index in [0.717, 1.165) is 5.75 Å². The van der Waals surface area contributed by atoms with Gasteiger partial charge in [0.05, 0.1) is 6.61 Å². The largest absolute Gasteiger partial charge is 0.411 e. The second-order valence-corrected chi connectivity index (χ2v) is 3.58. The molecule has 0 radical (unpaired) electrons. The van der Waals surface area contributed by atoms with Gasteiger partial charge in [-0.2, -0.15) is 24.9 Å². The summed E-state index contributed by atoms with van der Waals surface area (Å²) in [5, 5.41) is 8.38. The van der Waals surface area contributed by atoms with Crippen molar-refractivity contribution < 1.29 is 23.0 Å². The van der Waals surface area contributed by atoms with Gasteiger partial charge >= 0.3 is 6.18 Å². The van der Waals surface area contributed by atoms with Crippen LogP contribution in [0.1, 0.15) is 6.42 Å². The second-order valence-electron chi connectivity index (χ2n) is 2.36. The Balaban J connectivity index is 3.00. The summed E-state index contributed by atoms with van der Waals surface area (Å²) in [5.74, 6) is 1.29. The zero-order chi connectivity index (χ0) is 10.2. The molecule has 13 heavy (non-hydrogen) atoms. The maximum atomic E-state index is 11.5. The van der Waals surface area contributed by atoms with Crippen LogP contribution in [-0.4, -0.2) is 42.6 Å². The average Bonchev–Trinajstić information content (AvgIpc) is 2.01. The van der Waals surface area contributed by atoms with E-state index in [4.69, 9.17) is 5.11 Å². The molecular weight excluding hydrogens is 205 g/mol. The minimum absolute atomic E-state index is 0.107. The third kappa shape index (κ3) is 12.1. The molecule has 0 aliphatic carbocycles. The normalized spacial score (nSPS) is 12.0. The van der Waals surface area contributed by atoms with Gasteiger partial charge in [-0.05, 0) is 12.2 Å². The molecule has 0 aromatic heterocycles. The van der Waals surface area contributed by atoms with Crippen molar-refractivity contribution in [2.24, 2.45) is 0 Å². The number of aliphatic hydroxyl groups is 1. The van der Waals surface area contributed by atoms with Gasteiger partial charge in [0, 0.05) is 12.4 Å². The standard InChI is InChI=1S/C7H13F3O2S/c8-7(9,10)6-12-3-5-13-4-1-2-11/h11H,1-6H2. The highest BCUT2D eigenvalue weighted by molar-refractivity contribution is 7.99. The first-order valence-corrected chi connectivity index (χ1v) is 5.05. The van der Waals surface area contributed by atoms with Crippen LogP contribution in [0.5, 0.6) is 0 Å². The molecule has 2 nitrogen and oxygen atoms in total. The van der Waals surface area contributed by atoms with Crippen molar-refractivity contribution in [3.63, 3.8) is 0 Å². The quantitative estimate of drug-likeness (QED) is 0.659. The summed E-state index contributed by atoms with van der Waals surface area (Å²) in [6, 6.07) is 0. The number of thioether (sulfide) groups is 1. The molecule has 0 rings (SSSR count). The highest BCUT2D eigenvalue weighted by atomic mass is 32.2. The summed E-state index contributed by atoms with van der Waals surface area (Å²) >= 11 is 1.48. The Labute approximate surface area is 79.5 Å². The monoisotopic (exact) mass is 218 g/mol. The first-order valence-electron chi connectivity index (χ1n) is 3.89. The van der Waals surface area contributed by atoms with Crippen LogP contribution in [0.15, 0.2) is 0 Å². The van der Waals surface area contributed by atoms with Gasteiger partial charge in [0.1, 0.15) is 6.61 Å². The van der Waals surface area contributed by atoms with Crippen LogP contribution in [-0.2, 0) is 4.74 Å². The average molecular weight is 218 g/mol. The molecule has 0 atom stereocenters. The molecule has 0 unspecified atom stereocenters. The smallest absolute Gasteiger partial charge is 0.396 e.